The number of aliphatic hydroxyl groups is 1. The number of sulfonamides is 1. The fourth-order valence-corrected chi connectivity index (χ4v) is 10.2. The van der Waals surface area contributed by atoms with Gasteiger partial charge in [-0.1, -0.05) is 31.0 Å². The minimum Gasteiger partial charge on any atom is -0.487 e. The molecule has 2 bridgehead atoms. The van der Waals surface area contributed by atoms with Gasteiger partial charge in [0.25, 0.3) is 5.91 Å². The first kappa shape index (κ1) is 39.3. The molecule has 5 atom stereocenters. The number of halogens is 1. The fraction of sp³-hybridized carbons (Fsp3) is 0.675. The van der Waals surface area contributed by atoms with Crippen molar-refractivity contribution < 1.29 is 23.1 Å². The number of fused-ring (bicyclic) bond motifs is 3. The Bertz CT molecular complexity index is 1650. The summed E-state index contributed by atoms with van der Waals surface area (Å²) in [5.74, 6) is 0.255. The molecular formula is C40H60ClN5O5S. The van der Waals surface area contributed by atoms with Crippen LogP contribution in [0.3, 0.4) is 0 Å². The maximum atomic E-state index is 13.6. The third kappa shape index (κ3) is 9.44. The average molecular weight is 758 g/mol. The van der Waals surface area contributed by atoms with Crippen LogP contribution < -0.4 is 14.4 Å². The maximum absolute atomic E-state index is 13.6. The van der Waals surface area contributed by atoms with Gasteiger partial charge in [0.1, 0.15) is 12.4 Å². The van der Waals surface area contributed by atoms with Crippen molar-refractivity contribution in [3.05, 3.63) is 58.1 Å². The normalized spacial score (nSPS) is 29.5. The summed E-state index contributed by atoms with van der Waals surface area (Å²) in [6, 6.07) is 11.2. The molecule has 2 fully saturated rings. The molecule has 6 rings (SSSR count). The molecule has 1 aliphatic carbocycles. The van der Waals surface area contributed by atoms with E-state index in [1.54, 1.807) is 25.1 Å². The first-order valence-corrected chi connectivity index (χ1v) is 21.4. The van der Waals surface area contributed by atoms with Gasteiger partial charge in [-0.2, -0.15) is 0 Å². The molecule has 0 aromatic heterocycles. The van der Waals surface area contributed by atoms with E-state index in [1.807, 2.05) is 25.1 Å². The van der Waals surface area contributed by atoms with Gasteiger partial charge in [0.2, 0.25) is 10.0 Å². The van der Waals surface area contributed by atoms with Gasteiger partial charge in [0, 0.05) is 69.5 Å². The number of hydrogen-bond donors (Lipinski definition) is 2. The second-order valence-corrected chi connectivity index (χ2v) is 18.8. The summed E-state index contributed by atoms with van der Waals surface area (Å²) < 4.78 is 36.0. The van der Waals surface area contributed by atoms with Crippen LogP contribution >= 0.6 is 11.6 Å². The summed E-state index contributed by atoms with van der Waals surface area (Å²) in [5.41, 5.74) is 2.46. The largest absolute Gasteiger partial charge is 0.487 e. The van der Waals surface area contributed by atoms with Crippen LogP contribution in [0.1, 0.15) is 80.3 Å². The highest BCUT2D eigenvalue weighted by Gasteiger charge is 2.48. The number of β-amino-alcohol motifs (C(OH)–C–C–N with tert-alkyl or cyclic N) is 1. The van der Waals surface area contributed by atoms with Crippen molar-refractivity contribution in [3.63, 3.8) is 0 Å². The molecule has 10 nitrogen and oxygen atoms in total. The Kier molecular flexibility index (Phi) is 12.8. The fourth-order valence-electron chi connectivity index (χ4n) is 8.69. The van der Waals surface area contributed by atoms with Gasteiger partial charge in [-0.25, -0.2) is 13.1 Å². The Labute approximate surface area is 316 Å². The second-order valence-electron chi connectivity index (χ2n) is 16.3. The van der Waals surface area contributed by atoms with Crippen LogP contribution in [0.2, 0.25) is 5.02 Å². The molecular weight excluding hydrogens is 698 g/mol. The molecule has 1 saturated heterocycles. The standard InChI is InChI=1S/C40H60ClN5O5S/c1-29-8-7-16-40(48,28-45-22-20-44(21-23-45)19-18-43(3)4)36-14-11-33(36)26-46-17-6-5-9-31-24-35(41)13-10-34(31)27-51-38-15-12-32(25-37(38)46)39(47)42-52(49,50)30(29)2/h10,12-13,15,24-25,29-30,33,36,48H,5-9,11,14,16-23,26-28H2,1-4H3,(H,42,47)/t29-,30+,33-,36+,40+/m0/s1. The van der Waals surface area contributed by atoms with E-state index in [1.165, 1.54) is 5.56 Å². The Morgan fingerprint density at radius 2 is 1.73 bits per heavy atom. The number of benzene rings is 2. The second kappa shape index (κ2) is 16.9. The van der Waals surface area contributed by atoms with Gasteiger partial charge < -0.3 is 19.6 Å². The van der Waals surface area contributed by atoms with Crippen molar-refractivity contribution in [2.75, 3.05) is 77.9 Å². The highest BCUT2D eigenvalue weighted by Crippen LogP contribution is 2.46. The van der Waals surface area contributed by atoms with E-state index in [0.29, 0.717) is 36.8 Å². The SMILES string of the molecule is C[C@@H]1[C@@H](C)CCC[C@@](O)(CN2CCN(CCN(C)C)CC2)[C@@H]2CC[C@H]2CN2CCCCc3cc(Cl)ccc3COc3ccc(cc32)C(=O)NS1(=O)=O. The van der Waals surface area contributed by atoms with E-state index in [-0.39, 0.29) is 23.3 Å². The zero-order chi connectivity index (χ0) is 37.0. The lowest BCUT2D eigenvalue weighted by atomic mass is 9.62. The third-order valence-electron chi connectivity index (χ3n) is 12.4. The lowest BCUT2D eigenvalue weighted by molar-refractivity contribution is -0.109. The predicted molar refractivity (Wildman–Crippen MR) is 209 cm³/mol. The number of amides is 1. The van der Waals surface area contributed by atoms with Crippen molar-refractivity contribution >= 4 is 33.2 Å². The number of likely N-dealkylation sites (N-methyl/N-ethyl adjacent to an activating group) is 1. The van der Waals surface area contributed by atoms with E-state index < -0.39 is 26.8 Å². The molecule has 0 unspecified atom stereocenters. The molecule has 0 radical (unpaired) electrons. The molecule has 2 aromatic rings. The highest BCUT2D eigenvalue weighted by molar-refractivity contribution is 7.90. The number of piperazine rings is 1. The summed E-state index contributed by atoms with van der Waals surface area (Å²) in [6.07, 6.45) is 6.79. The maximum Gasteiger partial charge on any atom is 0.264 e. The number of rotatable bonds is 5. The lowest BCUT2D eigenvalue weighted by Crippen LogP contribution is -2.58. The number of anilines is 1. The minimum absolute atomic E-state index is 0.129. The van der Waals surface area contributed by atoms with E-state index in [9.17, 15) is 18.3 Å². The Morgan fingerprint density at radius 3 is 2.46 bits per heavy atom. The van der Waals surface area contributed by atoms with Crippen molar-refractivity contribution in [2.45, 2.75) is 82.7 Å². The third-order valence-corrected chi connectivity index (χ3v) is 14.6. The molecule has 1 saturated carbocycles. The van der Waals surface area contributed by atoms with E-state index in [4.69, 9.17) is 16.3 Å². The first-order chi connectivity index (χ1) is 24.8. The summed E-state index contributed by atoms with van der Waals surface area (Å²) >= 11 is 6.39. The van der Waals surface area contributed by atoms with Crippen LogP contribution in [0.25, 0.3) is 0 Å². The molecule has 2 aromatic carbocycles. The molecule has 52 heavy (non-hydrogen) atoms. The summed E-state index contributed by atoms with van der Waals surface area (Å²) in [7, 11) is 0.281. The van der Waals surface area contributed by atoms with Crippen LogP contribution in [0.5, 0.6) is 5.75 Å². The zero-order valence-electron chi connectivity index (χ0n) is 31.7. The van der Waals surface area contributed by atoms with Crippen LogP contribution in [0, 0.1) is 17.8 Å². The van der Waals surface area contributed by atoms with Crippen molar-refractivity contribution in [2.24, 2.45) is 17.8 Å². The molecule has 1 amide bonds. The monoisotopic (exact) mass is 757 g/mol. The van der Waals surface area contributed by atoms with Crippen LogP contribution in [-0.2, 0) is 23.1 Å². The van der Waals surface area contributed by atoms with Gasteiger partial charge in [-0.05, 0) is 125 Å². The van der Waals surface area contributed by atoms with Gasteiger partial charge >= 0.3 is 0 Å². The van der Waals surface area contributed by atoms with E-state index in [2.05, 4.69) is 38.4 Å². The number of hydrogen-bond acceptors (Lipinski definition) is 9. The summed E-state index contributed by atoms with van der Waals surface area (Å²) in [5, 5.41) is 12.7. The molecule has 3 aliphatic heterocycles. The van der Waals surface area contributed by atoms with Gasteiger partial charge in [-0.15, -0.1) is 0 Å². The van der Waals surface area contributed by atoms with Crippen molar-refractivity contribution in [1.82, 2.24) is 19.4 Å². The number of carbonyl (C=O) groups is 1. The van der Waals surface area contributed by atoms with Gasteiger partial charge in [0.15, 0.2) is 0 Å². The van der Waals surface area contributed by atoms with Crippen LogP contribution in [0.15, 0.2) is 36.4 Å². The number of nitrogens with one attached hydrogen (secondary N) is 1. The minimum atomic E-state index is -3.94. The summed E-state index contributed by atoms with van der Waals surface area (Å²) in [4.78, 5) is 23.1. The Hall–Kier alpha value is -2.41. The number of nitrogens with zero attached hydrogens (tertiary/aromatic N) is 4. The molecule has 0 spiro atoms. The molecule has 2 N–H and O–H groups in total. The smallest absolute Gasteiger partial charge is 0.264 e. The number of aryl methyl sites for hydroxylation is 1. The van der Waals surface area contributed by atoms with Gasteiger partial charge in [0.05, 0.1) is 16.5 Å². The highest BCUT2D eigenvalue weighted by atomic mass is 35.5. The van der Waals surface area contributed by atoms with Crippen molar-refractivity contribution in [1.29, 1.82) is 0 Å². The van der Waals surface area contributed by atoms with Crippen LogP contribution in [0.4, 0.5) is 5.69 Å². The number of ether oxygens (including phenoxy) is 1. The molecule has 12 heteroatoms. The quantitative estimate of drug-likeness (QED) is 0.423. The average Bonchev–Trinajstić information content (AvgIpc) is 3.11. The lowest BCUT2D eigenvalue weighted by Gasteiger charge is -2.51. The zero-order valence-corrected chi connectivity index (χ0v) is 33.2. The predicted octanol–water partition coefficient (Wildman–Crippen LogP) is 5.27. The Balaban J connectivity index is 1.31. The van der Waals surface area contributed by atoms with E-state index in [0.717, 1.165) is 102 Å². The Morgan fingerprint density at radius 1 is 0.962 bits per heavy atom. The summed E-state index contributed by atoms with van der Waals surface area (Å²) in [6.45, 7) is 12.1. The molecule has 4 aliphatic rings. The van der Waals surface area contributed by atoms with Gasteiger partial charge in [-0.3, -0.25) is 14.6 Å². The molecule has 3 heterocycles. The van der Waals surface area contributed by atoms with Crippen LogP contribution in [-0.4, -0.2) is 118 Å². The van der Waals surface area contributed by atoms with E-state index >= 15 is 0 Å². The number of carbonyl (C=O) groups excluding carboxylic acids is 1. The van der Waals surface area contributed by atoms with Crippen molar-refractivity contribution in [3.8, 4) is 5.75 Å². The first-order valence-electron chi connectivity index (χ1n) is 19.5. The molecule has 288 valence electrons. The topological polar surface area (TPSA) is 106 Å².